The van der Waals surface area contributed by atoms with Crippen LogP contribution in [-0.4, -0.2) is 192 Å². The molecular formula is C93H89N3O26. The lowest BCUT2D eigenvalue weighted by Gasteiger charge is -2.47. The first kappa shape index (κ1) is 87.0. The van der Waals surface area contributed by atoms with Crippen LogP contribution in [0.1, 0.15) is 121 Å². The Morgan fingerprint density at radius 2 is 0.475 bits per heavy atom. The fraction of sp³-hybridized carbons (Fsp3) is 0.323. The molecule has 4 saturated heterocycles. The molecule has 0 bridgehead atoms. The van der Waals surface area contributed by atoms with Crippen molar-refractivity contribution in [3.63, 3.8) is 0 Å². The Morgan fingerprint density at radius 3 is 0.754 bits per heavy atom. The maximum absolute atomic E-state index is 15.0. The van der Waals surface area contributed by atoms with Crippen LogP contribution in [-0.2, 0) is 80.5 Å². The molecule has 0 radical (unpaired) electrons. The van der Waals surface area contributed by atoms with Gasteiger partial charge in [-0.1, -0.05) is 197 Å². The molecule has 0 unspecified atom stereocenters. The van der Waals surface area contributed by atoms with Crippen LogP contribution in [0.4, 0.5) is 0 Å². The summed E-state index contributed by atoms with van der Waals surface area (Å²) in [5.41, 5.74) is 10.2. The summed E-state index contributed by atoms with van der Waals surface area (Å²) >= 11 is 0. The minimum Gasteiger partial charge on any atom is -0.459 e. The van der Waals surface area contributed by atoms with Crippen molar-refractivity contribution in [2.24, 2.45) is 28.8 Å². The van der Waals surface area contributed by atoms with E-state index in [9.17, 15) is 48.7 Å². The molecule has 9 aromatic rings. The molecule has 632 valence electrons. The second kappa shape index (κ2) is 42.4. The summed E-state index contributed by atoms with van der Waals surface area (Å²) < 4.78 is 111. The molecule has 122 heavy (non-hydrogen) atoms. The third-order valence-corrected chi connectivity index (χ3v) is 21.4. The number of benzene rings is 9. The van der Waals surface area contributed by atoms with E-state index >= 15 is 0 Å². The van der Waals surface area contributed by atoms with Crippen molar-refractivity contribution in [1.82, 2.24) is 0 Å². The predicted molar refractivity (Wildman–Crippen MR) is 431 cm³/mol. The van der Waals surface area contributed by atoms with Gasteiger partial charge in [-0.05, 0) is 127 Å². The van der Waals surface area contributed by atoms with Crippen molar-refractivity contribution in [2.45, 2.75) is 126 Å². The third kappa shape index (κ3) is 22.2. The van der Waals surface area contributed by atoms with Crippen LogP contribution in [0.3, 0.4) is 0 Å². The quantitative estimate of drug-likeness (QED) is 0.00943. The standard InChI is InChI=1S/C93H89N3O26/c1-56-58(3)73(115-82(98)61-34-16-6-17-35-61)90(111-69(56)52-107-81(97)60-32-14-5-15-33-60)110-55-72-76(118-85(101)64-40-22-9-23-41-64)78(120-87(103)66-44-26-11-27-45-66)80(122-89(105)68-48-30-13-31-49-68)93(114-72)108-53-70-57(2)59(4)74(116-83(99)62-36-18-7-19-37-62)91(112-70)109-54-71-75(117-84(100)63-38-20-8-21-39-63)77(119-86(102)65-42-24-10-25-43-65)79(92(113-71)106-51-50-95-96-94)121-88(104)67-46-28-12-29-47-67/h5-49,56-59,69-80,90-93H,50-55H2,1-4H3/t56-,57-,58-,59-,69+,70+,71+,72+,73+,74+,75+,76+,77-,78-,79+,80+,90+,91+,92+,93+/m0/s1. The molecular weight excluding hydrogens is 1580 g/mol. The zero-order valence-corrected chi connectivity index (χ0v) is 66.7. The normalized spacial score (nSPS) is 26.0. The van der Waals surface area contributed by atoms with Crippen LogP contribution in [0.5, 0.6) is 0 Å². The van der Waals surface area contributed by atoms with Gasteiger partial charge >= 0.3 is 53.7 Å². The van der Waals surface area contributed by atoms with Crippen molar-refractivity contribution in [3.05, 3.63) is 334 Å². The van der Waals surface area contributed by atoms with E-state index in [-0.39, 0.29) is 69.8 Å². The van der Waals surface area contributed by atoms with Crippen molar-refractivity contribution >= 4 is 53.7 Å². The molecule has 20 atom stereocenters. The van der Waals surface area contributed by atoms with E-state index in [1.54, 1.807) is 214 Å². The van der Waals surface area contributed by atoms with Crippen LogP contribution in [0.25, 0.3) is 10.4 Å². The zero-order chi connectivity index (χ0) is 85.4. The molecule has 0 N–H and O–H groups in total. The Kier molecular flexibility index (Phi) is 30.3. The SMILES string of the molecule is C[C@H]1[C@H](C)[C@@H](COC(=O)c2ccccc2)O[C@@H](OC[C@H]2O[C@@H](OC[C@H]3O[C@@H](OC[C@H]4O[C@@H](OCCN=[N+]=[N-])[C@H](OC(=O)c5ccccc5)[C@@H](OC(=O)c5ccccc5)[C@@H]4OC(=O)c4ccccc4)[C@H](OC(=O)c4ccccc4)[C@@H](C)[C@@H]3C)[C@H](OC(=O)c3ccccc3)[C@@H](OC(=O)c3ccccc3)[C@@H]2OC(=O)c2ccccc2)[C@@H]1OC(=O)c1ccccc1. The van der Waals surface area contributed by atoms with Gasteiger partial charge in [-0.2, -0.15) is 0 Å². The number of nitrogens with zero attached hydrogens (tertiary/aromatic N) is 3. The highest BCUT2D eigenvalue weighted by Crippen LogP contribution is 2.41. The highest BCUT2D eigenvalue weighted by molar-refractivity contribution is 5.94. The van der Waals surface area contributed by atoms with E-state index in [1.165, 1.54) is 72.8 Å². The summed E-state index contributed by atoms with van der Waals surface area (Å²) in [5, 5.41) is 3.61. The van der Waals surface area contributed by atoms with E-state index in [0.717, 1.165) is 0 Å². The van der Waals surface area contributed by atoms with Gasteiger partial charge in [0.1, 0.15) is 18.8 Å². The number of hydrogen-bond donors (Lipinski definition) is 0. The van der Waals surface area contributed by atoms with Gasteiger partial charge in [0, 0.05) is 23.3 Å². The molecule has 29 nitrogen and oxygen atoms in total. The Bertz CT molecular complexity index is 5010. The largest absolute Gasteiger partial charge is 0.459 e. The van der Waals surface area contributed by atoms with Gasteiger partial charge in [0.15, 0.2) is 74.0 Å². The molecule has 0 saturated carbocycles. The zero-order valence-electron chi connectivity index (χ0n) is 66.7. The number of ether oxygens (including phenoxy) is 17. The lowest BCUT2D eigenvalue weighted by Crippen LogP contribution is -2.64. The van der Waals surface area contributed by atoms with Crippen LogP contribution >= 0.6 is 0 Å². The highest BCUT2D eigenvalue weighted by atomic mass is 16.8. The molecule has 0 amide bonds. The van der Waals surface area contributed by atoms with Gasteiger partial charge in [0.05, 0.1) is 88.7 Å². The van der Waals surface area contributed by atoms with Crippen molar-refractivity contribution in [3.8, 4) is 0 Å². The van der Waals surface area contributed by atoms with Gasteiger partial charge in [0.2, 0.25) is 0 Å². The van der Waals surface area contributed by atoms with Gasteiger partial charge in [-0.25, -0.2) is 43.2 Å². The van der Waals surface area contributed by atoms with Crippen LogP contribution in [0.2, 0.25) is 0 Å². The Labute approximate surface area is 702 Å². The summed E-state index contributed by atoms with van der Waals surface area (Å²) in [6, 6.07) is 71.5. The number of carbonyl (C=O) groups is 9. The number of rotatable bonds is 32. The Hall–Kier alpha value is -12.8. The van der Waals surface area contributed by atoms with Crippen LogP contribution < -0.4 is 0 Å². The summed E-state index contributed by atoms with van der Waals surface area (Å²) in [6.45, 7) is 4.30. The minimum atomic E-state index is -1.89. The summed E-state index contributed by atoms with van der Waals surface area (Å²) in [4.78, 5) is 133. The third-order valence-electron chi connectivity index (χ3n) is 21.4. The molecule has 13 rings (SSSR count). The number of carbonyl (C=O) groups excluding carboxylic acids is 9. The molecule has 4 aliphatic rings. The highest BCUT2D eigenvalue weighted by Gasteiger charge is 2.58. The molecule has 0 aromatic heterocycles. The fourth-order valence-electron chi connectivity index (χ4n) is 14.4. The summed E-state index contributed by atoms with van der Waals surface area (Å²) in [6.07, 6.45) is -25.6. The lowest BCUT2D eigenvalue weighted by atomic mass is 9.83. The molecule has 0 aliphatic carbocycles. The molecule has 4 fully saturated rings. The summed E-state index contributed by atoms with van der Waals surface area (Å²) in [7, 11) is 0. The molecule has 4 heterocycles. The van der Waals surface area contributed by atoms with Gasteiger partial charge in [0.25, 0.3) is 0 Å². The Balaban J connectivity index is 0.874. The smallest absolute Gasteiger partial charge is 0.338 e. The molecule has 0 spiro atoms. The van der Waals surface area contributed by atoms with E-state index < -0.39 is 196 Å². The fourth-order valence-corrected chi connectivity index (χ4v) is 14.4. The molecule has 29 heteroatoms. The average Bonchev–Trinajstić information content (AvgIpc) is 0.834. The number of azide groups is 1. The number of esters is 9. The number of hydrogen-bond acceptors (Lipinski definition) is 27. The monoisotopic (exact) mass is 1660 g/mol. The second-order valence-corrected chi connectivity index (χ2v) is 29.3. The van der Waals surface area contributed by atoms with Gasteiger partial charge < -0.3 is 80.5 Å². The van der Waals surface area contributed by atoms with Crippen LogP contribution in [0.15, 0.2) is 278 Å². The van der Waals surface area contributed by atoms with Gasteiger partial charge in [-0.15, -0.1) is 0 Å². The van der Waals surface area contributed by atoms with Crippen molar-refractivity contribution in [2.75, 3.05) is 39.6 Å². The first-order valence-corrected chi connectivity index (χ1v) is 39.8. The van der Waals surface area contributed by atoms with Gasteiger partial charge in [-0.3, -0.25) is 0 Å². The Morgan fingerprint density at radius 1 is 0.262 bits per heavy atom. The predicted octanol–water partition coefficient (Wildman–Crippen LogP) is 13.5. The topological polar surface area (TPSA) is 359 Å². The van der Waals surface area contributed by atoms with E-state index in [2.05, 4.69) is 10.0 Å². The summed E-state index contributed by atoms with van der Waals surface area (Å²) in [5.74, 6) is -10.5. The van der Waals surface area contributed by atoms with E-state index in [4.69, 9.17) is 80.5 Å². The first-order chi connectivity index (χ1) is 59.4. The molecule has 9 aromatic carbocycles. The molecule has 4 aliphatic heterocycles. The first-order valence-electron chi connectivity index (χ1n) is 39.8. The maximum atomic E-state index is 15.0. The second-order valence-electron chi connectivity index (χ2n) is 29.3. The van der Waals surface area contributed by atoms with E-state index in [0.29, 0.717) is 0 Å². The minimum absolute atomic E-state index is 0.0148. The maximum Gasteiger partial charge on any atom is 0.338 e. The van der Waals surface area contributed by atoms with Crippen molar-refractivity contribution < 1.29 is 124 Å². The van der Waals surface area contributed by atoms with Crippen LogP contribution in [0, 0.1) is 23.7 Å². The van der Waals surface area contributed by atoms with Crippen molar-refractivity contribution in [1.29, 1.82) is 0 Å². The lowest BCUT2D eigenvalue weighted by molar-refractivity contribution is -0.336. The van der Waals surface area contributed by atoms with E-state index in [1.807, 2.05) is 13.8 Å². The average molecular weight is 1660 g/mol.